The first-order valence-corrected chi connectivity index (χ1v) is 13.3. The molecule has 3 rings (SSSR count). The lowest BCUT2D eigenvalue weighted by atomic mass is 9.92. The van der Waals surface area contributed by atoms with E-state index in [0.717, 1.165) is 17.4 Å². The van der Waals surface area contributed by atoms with Crippen molar-refractivity contribution in [2.45, 2.75) is 20.3 Å². The molecule has 0 aliphatic heterocycles. The highest BCUT2D eigenvalue weighted by molar-refractivity contribution is 6.14. The van der Waals surface area contributed by atoms with Crippen LogP contribution in [-0.2, 0) is 14.3 Å². The van der Waals surface area contributed by atoms with Crippen molar-refractivity contribution >= 4 is 36.0 Å². The van der Waals surface area contributed by atoms with Gasteiger partial charge in [0.15, 0.2) is 5.82 Å². The quantitative estimate of drug-likeness (QED) is 0.0742. The summed E-state index contributed by atoms with van der Waals surface area (Å²) in [6, 6.07) is 18.6. The number of pyridine rings is 1. The number of para-hydroxylation sites is 1. The first-order chi connectivity index (χ1) is 20.4. The summed E-state index contributed by atoms with van der Waals surface area (Å²) in [6.07, 6.45) is 7.02. The number of ether oxygens (including phenoxy) is 1. The third-order valence-corrected chi connectivity index (χ3v) is 5.89. The largest absolute Gasteiger partial charge is 0.462 e. The van der Waals surface area contributed by atoms with Gasteiger partial charge < -0.3 is 15.0 Å². The van der Waals surface area contributed by atoms with Crippen molar-refractivity contribution < 1.29 is 19.1 Å². The molecule has 0 atom stereocenters. The van der Waals surface area contributed by atoms with E-state index in [9.17, 15) is 14.4 Å². The van der Waals surface area contributed by atoms with E-state index in [0.29, 0.717) is 52.6 Å². The fourth-order valence-electron chi connectivity index (χ4n) is 4.07. The van der Waals surface area contributed by atoms with Gasteiger partial charge in [-0.05, 0) is 37.1 Å². The maximum absolute atomic E-state index is 13.1. The molecular weight excluding hydrogens is 530 g/mol. The van der Waals surface area contributed by atoms with Crippen LogP contribution in [0.15, 0.2) is 103 Å². The van der Waals surface area contributed by atoms with Crippen LogP contribution in [0.1, 0.15) is 35.0 Å². The van der Waals surface area contributed by atoms with Crippen LogP contribution in [0.5, 0.6) is 0 Å². The number of hydrogen-bond donors (Lipinski definition) is 2. The van der Waals surface area contributed by atoms with Crippen molar-refractivity contribution in [3.05, 3.63) is 114 Å². The van der Waals surface area contributed by atoms with Gasteiger partial charge in [0.25, 0.3) is 0 Å². The number of aliphatic imine (C=N–C) groups is 1. The third kappa shape index (κ3) is 8.42. The maximum atomic E-state index is 13.1. The maximum Gasteiger partial charge on any atom is 0.340 e. The number of esters is 1. The Labute approximate surface area is 247 Å². The molecule has 1 aromatic heterocycles. The van der Waals surface area contributed by atoms with E-state index in [-0.39, 0.29) is 6.61 Å². The smallest absolute Gasteiger partial charge is 0.340 e. The second kappa shape index (κ2) is 17.5. The van der Waals surface area contributed by atoms with E-state index >= 15 is 0 Å². The predicted molar refractivity (Wildman–Crippen MR) is 169 cm³/mol. The Morgan fingerprint density at radius 3 is 2.19 bits per heavy atom. The second-order valence-electron chi connectivity index (χ2n) is 8.54. The van der Waals surface area contributed by atoms with E-state index in [4.69, 9.17) is 9.72 Å². The van der Waals surface area contributed by atoms with Crippen molar-refractivity contribution in [3.8, 4) is 11.1 Å². The molecule has 0 bridgehead atoms. The highest BCUT2D eigenvalue weighted by Gasteiger charge is 2.30. The van der Waals surface area contributed by atoms with E-state index in [2.05, 4.69) is 29.0 Å². The van der Waals surface area contributed by atoms with E-state index in [1.54, 1.807) is 46.2 Å². The van der Waals surface area contributed by atoms with Gasteiger partial charge in [-0.25, -0.2) is 15.2 Å². The molecule has 1 amide bonds. The molecule has 0 unspecified atom stereocenters. The number of amidine groups is 1. The SMILES string of the molecule is C=C/C=C(\C=C)CC=O.CCOC(=O)c1c(C)nc(N(C=O)c2ccccc2)c(C(=NC)NNC)c1-c1ccccc1. The summed E-state index contributed by atoms with van der Waals surface area (Å²) in [5.41, 5.74) is 10.0. The third-order valence-electron chi connectivity index (χ3n) is 5.89. The number of carbonyl (C=O) groups is 3. The first-order valence-electron chi connectivity index (χ1n) is 13.3. The summed E-state index contributed by atoms with van der Waals surface area (Å²) >= 11 is 0. The van der Waals surface area contributed by atoms with Crippen LogP contribution in [0.3, 0.4) is 0 Å². The highest BCUT2D eigenvalue weighted by atomic mass is 16.5. The lowest BCUT2D eigenvalue weighted by Crippen LogP contribution is -2.37. The fraction of sp³-hybridized carbons (Fsp3) is 0.182. The Balaban J connectivity index is 0.000000592. The van der Waals surface area contributed by atoms with Crippen LogP contribution >= 0.6 is 0 Å². The molecule has 9 nitrogen and oxygen atoms in total. The number of nitrogens with zero attached hydrogens (tertiary/aromatic N) is 3. The molecule has 0 spiro atoms. The zero-order chi connectivity index (χ0) is 30.9. The van der Waals surface area contributed by atoms with E-state index in [1.807, 2.05) is 60.7 Å². The number of aromatic nitrogens is 1. The number of allylic oxidation sites excluding steroid dienone is 4. The Kier molecular flexibility index (Phi) is 13.8. The Morgan fingerprint density at radius 1 is 1.05 bits per heavy atom. The molecule has 1 heterocycles. The Morgan fingerprint density at radius 2 is 1.69 bits per heavy atom. The topological polar surface area (TPSA) is 113 Å². The zero-order valence-electron chi connectivity index (χ0n) is 24.5. The lowest BCUT2D eigenvalue weighted by molar-refractivity contribution is -0.107. The van der Waals surface area contributed by atoms with Crippen molar-refractivity contribution in [3.63, 3.8) is 0 Å². The van der Waals surface area contributed by atoms with Gasteiger partial charge in [-0.1, -0.05) is 79.9 Å². The molecule has 3 aromatic rings. The van der Waals surface area contributed by atoms with Crippen LogP contribution in [0, 0.1) is 6.92 Å². The van der Waals surface area contributed by atoms with E-state index < -0.39 is 5.97 Å². The average Bonchev–Trinajstić information content (AvgIpc) is 3.01. The van der Waals surface area contributed by atoms with Gasteiger partial charge in [0.1, 0.15) is 12.1 Å². The van der Waals surface area contributed by atoms with Crippen molar-refractivity contribution in [1.29, 1.82) is 0 Å². The number of carbonyl (C=O) groups excluding carboxylic acids is 3. The van der Waals surface area contributed by atoms with Crippen LogP contribution in [0.25, 0.3) is 11.1 Å². The molecule has 0 saturated heterocycles. The number of aldehydes is 1. The van der Waals surface area contributed by atoms with Crippen molar-refractivity contribution in [2.24, 2.45) is 4.99 Å². The fourth-order valence-corrected chi connectivity index (χ4v) is 4.07. The van der Waals surface area contributed by atoms with Gasteiger partial charge in [-0.15, -0.1) is 0 Å². The van der Waals surface area contributed by atoms with Crippen LogP contribution in [-0.4, -0.2) is 50.2 Å². The Bertz CT molecular complexity index is 1430. The number of benzene rings is 2. The number of hydrazine groups is 1. The Hall–Kier alpha value is -5.15. The summed E-state index contributed by atoms with van der Waals surface area (Å²) in [5, 5.41) is 0. The van der Waals surface area contributed by atoms with Crippen LogP contribution < -0.4 is 15.8 Å². The van der Waals surface area contributed by atoms with Gasteiger partial charge in [0.05, 0.1) is 29.1 Å². The standard InChI is InChI=1S/C25H27N5O3.C8H10O/c1-5-33-25(32)20-17(2)28-24(30(16-31)19-14-10-7-11-15-19)22(23(26-3)29-27-4)21(20)18-12-8-6-9-13-18;1-3-5-8(4-2)6-7-9/h6-16,27H,5H2,1-4H3,(H,26,29);3-5,7H,1-2,6H2/b;8-5+. The van der Waals surface area contributed by atoms with Crippen LogP contribution in [0.4, 0.5) is 11.5 Å². The average molecular weight is 568 g/mol. The minimum absolute atomic E-state index is 0.220. The minimum Gasteiger partial charge on any atom is -0.462 e. The summed E-state index contributed by atoms with van der Waals surface area (Å²) < 4.78 is 5.37. The molecule has 0 saturated carbocycles. The normalized spacial score (nSPS) is 11.0. The molecule has 0 aliphatic rings. The van der Waals surface area contributed by atoms with Gasteiger partial charge in [-0.3, -0.25) is 14.7 Å². The van der Waals surface area contributed by atoms with Crippen LogP contribution in [0.2, 0.25) is 0 Å². The number of anilines is 2. The van der Waals surface area contributed by atoms with Crippen molar-refractivity contribution in [1.82, 2.24) is 15.8 Å². The molecule has 0 radical (unpaired) electrons. The monoisotopic (exact) mass is 567 g/mol. The molecule has 218 valence electrons. The van der Waals surface area contributed by atoms with Gasteiger partial charge in [0.2, 0.25) is 6.41 Å². The second-order valence-corrected chi connectivity index (χ2v) is 8.54. The van der Waals surface area contributed by atoms with Crippen molar-refractivity contribution in [2.75, 3.05) is 25.6 Å². The number of rotatable bonds is 12. The number of nitrogens with one attached hydrogen (secondary N) is 2. The van der Waals surface area contributed by atoms with Gasteiger partial charge in [-0.2, -0.15) is 0 Å². The van der Waals surface area contributed by atoms with Gasteiger partial charge >= 0.3 is 5.97 Å². The summed E-state index contributed by atoms with van der Waals surface area (Å²) in [5.74, 6) is 0.252. The molecule has 42 heavy (non-hydrogen) atoms. The van der Waals surface area contributed by atoms with Gasteiger partial charge in [0, 0.05) is 26.1 Å². The predicted octanol–water partition coefficient (Wildman–Crippen LogP) is 5.50. The molecule has 2 aromatic carbocycles. The molecule has 0 aliphatic carbocycles. The molecule has 2 N–H and O–H groups in total. The lowest BCUT2D eigenvalue weighted by Gasteiger charge is -2.25. The summed E-state index contributed by atoms with van der Waals surface area (Å²) in [6.45, 7) is 10.7. The molecular formula is C33H37N5O4. The highest BCUT2D eigenvalue weighted by Crippen LogP contribution is 2.37. The summed E-state index contributed by atoms with van der Waals surface area (Å²) in [4.78, 5) is 45.9. The van der Waals surface area contributed by atoms with E-state index in [1.165, 1.54) is 4.90 Å². The zero-order valence-corrected chi connectivity index (χ0v) is 24.5. The summed E-state index contributed by atoms with van der Waals surface area (Å²) in [7, 11) is 3.32. The molecule has 9 heteroatoms. The number of amides is 1. The minimum atomic E-state index is -0.494. The number of hydrogen-bond acceptors (Lipinski definition) is 7. The molecule has 0 fully saturated rings. The number of aryl methyl sites for hydroxylation is 1. The first kappa shape index (κ1) is 33.1.